The first-order valence-corrected chi connectivity index (χ1v) is 7.15. The maximum atomic E-state index is 12.0. The van der Waals surface area contributed by atoms with Crippen molar-refractivity contribution in [3.63, 3.8) is 0 Å². The van der Waals surface area contributed by atoms with E-state index < -0.39 is 0 Å². The van der Waals surface area contributed by atoms with E-state index in [0.29, 0.717) is 17.1 Å². The average Bonchev–Trinajstić information content (AvgIpc) is 2.39. The molecule has 1 N–H and O–H groups in total. The summed E-state index contributed by atoms with van der Waals surface area (Å²) >= 11 is 3.34. The maximum absolute atomic E-state index is 12.0. The molecule has 1 aliphatic rings. The van der Waals surface area contributed by atoms with Crippen LogP contribution in [0.5, 0.6) is 0 Å². The number of allylic oxidation sites excluding steroid dienone is 1. The summed E-state index contributed by atoms with van der Waals surface area (Å²) in [7, 11) is 0. The summed E-state index contributed by atoms with van der Waals surface area (Å²) in [6.07, 6.45) is 5.44. The first-order chi connectivity index (χ1) is 9.11. The van der Waals surface area contributed by atoms with Crippen molar-refractivity contribution in [2.75, 3.05) is 11.9 Å². The Morgan fingerprint density at radius 1 is 1.74 bits per heavy atom. The van der Waals surface area contributed by atoms with Gasteiger partial charge in [-0.15, -0.1) is 6.58 Å². The number of nitrogens with one attached hydrogen (secondary N) is 1. The number of halogens is 1. The second-order valence-corrected chi connectivity index (χ2v) is 5.49. The highest BCUT2D eigenvalue weighted by Crippen LogP contribution is 2.22. The van der Waals surface area contributed by atoms with Gasteiger partial charge in [-0.25, -0.2) is 4.68 Å². The first kappa shape index (κ1) is 14.3. The molecule has 19 heavy (non-hydrogen) atoms. The van der Waals surface area contributed by atoms with Crippen LogP contribution >= 0.6 is 15.9 Å². The van der Waals surface area contributed by atoms with Crippen molar-refractivity contribution in [2.45, 2.75) is 38.5 Å². The van der Waals surface area contributed by atoms with Gasteiger partial charge in [0.25, 0.3) is 5.56 Å². The number of hydrogen-bond acceptors (Lipinski definition) is 4. The lowest BCUT2D eigenvalue weighted by Crippen LogP contribution is -2.33. The predicted molar refractivity (Wildman–Crippen MR) is 78.5 cm³/mol. The van der Waals surface area contributed by atoms with Gasteiger partial charge in [-0.3, -0.25) is 4.79 Å². The van der Waals surface area contributed by atoms with Gasteiger partial charge < -0.3 is 10.1 Å². The van der Waals surface area contributed by atoms with Crippen molar-refractivity contribution >= 4 is 21.6 Å². The molecule has 2 unspecified atom stereocenters. The molecule has 0 aliphatic carbocycles. The second-order valence-electron chi connectivity index (χ2n) is 4.70. The average molecular weight is 328 g/mol. The van der Waals surface area contributed by atoms with E-state index in [1.54, 1.807) is 12.3 Å². The van der Waals surface area contributed by atoms with E-state index in [0.717, 1.165) is 25.1 Å². The summed E-state index contributed by atoms with van der Waals surface area (Å²) in [5.41, 5.74) is 0.592. The summed E-state index contributed by atoms with van der Waals surface area (Å²) in [5.74, 6) is 0. The van der Waals surface area contributed by atoms with Gasteiger partial charge in [0.2, 0.25) is 0 Å². The van der Waals surface area contributed by atoms with Crippen LogP contribution in [0.25, 0.3) is 0 Å². The molecule has 5 nitrogen and oxygen atoms in total. The molecule has 0 bridgehead atoms. The molecule has 0 aromatic carbocycles. The highest BCUT2D eigenvalue weighted by molar-refractivity contribution is 9.10. The molecule has 6 heteroatoms. The van der Waals surface area contributed by atoms with Crippen molar-refractivity contribution < 1.29 is 4.74 Å². The third-order valence-corrected chi connectivity index (χ3v) is 3.90. The van der Waals surface area contributed by atoms with Crippen LogP contribution in [0.1, 0.15) is 19.8 Å². The van der Waals surface area contributed by atoms with Crippen LogP contribution in [0.2, 0.25) is 0 Å². The van der Waals surface area contributed by atoms with Gasteiger partial charge in [-0.2, -0.15) is 5.10 Å². The monoisotopic (exact) mass is 327 g/mol. The summed E-state index contributed by atoms with van der Waals surface area (Å²) in [6, 6.07) is 0.316. The molecular weight excluding hydrogens is 310 g/mol. The van der Waals surface area contributed by atoms with E-state index in [1.807, 2.05) is 0 Å². The van der Waals surface area contributed by atoms with E-state index in [4.69, 9.17) is 4.74 Å². The van der Waals surface area contributed by atoms with Crippen LogP contribution < -0.4 is 10.9 Å². The van der Waals surface area contributed by atoms with Crippen LogP contribution in [0, 0.1) is 0 Å². The van der Waals surface area contributed by atoms with E-state index in [-0.39, 0.29) is 11.7 Å². The Morgan fingerprint density at radius 2 is 2.53 bits per heavy atom. The Labute approximate surface area is 120 Å². The lowest BCUT2D eigenvalue weighted by molar-refractivity contribution is 0.0232. The second kappa shape index (κ2) is 6.34. The van der Waals surface area contributed by atoms with Crippen molar-refractivity contribution in [3.8, 4) is 0 Å². The van der Waals surface area contributed by atoms with Crippen LogP contribution in [-0.4, -0.2) is 28.5 Å². The third-order valence-electron chi connectivity index (χ3n) is 3.13. The molecule has 104 valence electrons. The fourth-order valence-corrected chi connectivity index (χ4v) is 2.59. The summed E-state index contributed by atoms with van der Waals surface area (Å²) in [6.45, 7) is 6.82. The summed E-state index contributed by atoms with van der Waals surface area (Å²) in [4.78, 5) is 12.0. The Hall–Kier alpha value is -1.14. The fourth-order valence-electron chi connectivity index (χ4n) is 2.17. The van der Waals surface area contributed by atoms with Crippen molar-refractivity contribution in [1.29, 1.82) is 0 Å². The van der Waals surface area contributed by atoms with E-state index >= 15 is 0 Å². The Balaban J connectivity index is 2.14. The highest BCUT2D eigenvalue weighted by Gasteiger charge is 2.20. The molecule has 0 amide bonds. The molecule has 0 spiro atoms. The van der Waals surface area contributed by atoms with Gasteiger partial charge in [-0.05, 0) is 35.7 Å². The zero-order valence-electron chi connectivity index (χ0n) is 10.9. The van der Waals surface area contributed by atoms with Gasteiger partial charge >= 0.3 is 0 Å². The zero-order valence-corrected chi connectivity index (χ0v) is 12.5. The SMILES string of the molecule is C=CCn1ncc(NC2CCOC(C)C2)c(Br)c1=O. The van der Waals surface area contributed by atoms with Gasteiger partial charge in [0, 0.05) is 12.6 Å². The topological polar surface area (TPSA) is 56.1 Å². The van der Waals surface area contributed by atoms with E-state index in [2.05, 4.69) is 39.8 Å². The van der Waals surface area contributed by atoms with Gasteiger partial charge in [0.1, 0.15) is 4.47 Å². The quantitative estimate of drug-likeness (QED) is 0.861. The van der Waals surface area contributed by atoms with E-state index in [1.165, 1.54) is 4.68 Å². The Kier molecular flexibility index (Phi) is 4.76. The minimum atomic E-state index is -0.148. The van der Waals surface area contributed by atoms with Crippen molar-refractivity contribution in [3.05, 3.63) is 33.7 Å². The molecule has 1 saturated heterocycles. The molecule has 1 aromatic heterocycles. The molecule has 2 atom stereocenters. The first-order valence-electron chi connectivity index (χ1n) is 6.36. The lowest BCUT2D eigenvalue weighted by atomic mass is 10.0. The van der Waals surface area contributed by atoms with Gasteiger partial charge in [0.15, 0.2) is 0 Å². The van der Waals surface area contributed by atoms with Gasteiger partial charge in [-0.1, -0.05) is 6.08 Å². The Bertz CT molecular complexity index is 515. The maximum Gasteiger partial charge on any atom is 0.283 e. The number of rotatable bonds is 4. The molecule has 1 aliphatic heterocycles. The molecule has 1 fully saturated rings. The minimum absolute atomic E-state index is 0.148. The molecule has 1 aromatic rings. The fraction of sp³-hybridized carbons (Fsp3) is 0.538. The zero-order chi connectivity index (χ0) is 13.8. The Morgan fingerprint density at radius 3 is 3.21 bits per heavy atom. The largest absolute Gasteiger partial charge is 0.380 e. The van der Waals surface area contributed by atoms with Crippen molar-refractivity contribution in [2.24, 2.45) is 0 Å². The molecule has 0 saturated carbocycles. The van der Waals surface area contributed by atoms with Gasteiger partial charge in [0.05, 0.1) is 24.5 Å². The standard InChI is InChI=1S/C13H18BrN3O2/c1-3-5-17-13(18)12(14)11(8-15-17)16-10-4-6-19-9(2)7-10/h3,8-10,16H,1,4-7H2,2H3. The predicted octanol–water partition coefficient (Wildman–Crippen LogP) is 2.17. The highest BCUT2D eigenvalue weighted by atomic mass is 79.9. The molecule has 0 radical (unpaired) electrons. The van der Waals surface area contributed by atoms with Crippen molar-refractivity contribution in [1.82, 2.24) is 9.78 Å². The number of hydrogen-bond donors (Lipinski definition) is 1. The number of aromatic nitrogens is 2. The normalized spacial score (nSPS) is 23.1. The molecular formula is C13H18BrN3O2. The smallest absolute Gasteiger partial charge is 0.283 e. The summed E-state index contributed by atoms with van der Waals surface area (Å²) in [5, 5.41) is 7.48. The number of anilines is 1. The third kappa shape index (κ3) is 3.45. The van der Waals surface area contributed by atoms with E-state index in [9.17, 15) is 4.79 Å². The lowest BCUT2D eigenvalue weighted by Gasteiger charge is -2.28. The molecule has 2 rings (SSSR count). The number of nitrogens with zero attached hydrogens (tertiary/aromatic N) is 2. The van der Waals surface area contributed by atoms with Crippen LogP contribution in [0.4, 0.5) is 5.69 Å². The number of ether oxygens (including phenoxy) is 1. The van der Waals surface area contributed by atoms with Crippen LogP contribution in [-0.2, 0) is 11.3 Å². The minimum Gasteiger partial charge on any atom is -0.380 e. The summed E-state index contributed by atoms with van der Waals surface area (Å²) < 4.78 is 7.39. The van der Waals surface area contributed by atoms with Crippen LogP contribution in [0.15, 0.2) is 28.1 Å². The molecule has 2 heterocycles. The van der Waals surface area contributed by atoms with Crippen LogP contribution in [0.3, 0.4) is 0 Å².